The highest BCUT2D eigenvalue weighted by molar-refractivity contribution is 6.05. The van der Waals surface area contributed by atoms with Crippen LogP contribution in [0, 0.1) is 0 Å². The molecule has 0 saturated heterocycles. The van der Waals surface area contributed by atoms with E-state index < -0.39 is 0 Å². The molecule has 10 rings (SSSR count). The minimum absolute atomic E-state index is 0.616. The Morgan fingerprint density at radius 1 is 0.314 bits per heavy atom. The third-order valence-corrected chi connectivity index (χ3v) is 9.50. The molecule has 0 unspecified atom stereocenters. The standard InChI is InChI=1S/C46H28N4O/c1-2-11-32(12-3-1)46-47-42-40-28-36(20-19-31(40)23-24-41(42)51-46)35-15-8-16-37(27-35)43-48-44(38-21-17-29-9-4-6-13-33(29)25-38)50-45(49-43)39-22-18-30-10-5-7-14-34(30)26-39/h1-28H. The van der Waals surface area contributed by atoms with E-state index >= 15 is 0 Å². The molecule has 0 bridgehead atoms. The molecule has 0 amide bonds. The maximum Gasteiger partial charge on any atom is 0.227 e. The third-order valence-electron chi connectivity index (χ3n) is 9.50. The molecule has 0 aliphatic carbocycles. The largest absolute Gasteiger partial charge is 0.436 e. The first-order valence-corrected chi connectivity index (χ1v) is 17.0. The van der Waals surface area contributed by atoms with Crippen molar-refractivity contribution < 1.29 is 4.42 Å². The van der Waals surface area contributed by atoms with Crippen LogP contribution in [0.4, 0.5) is 0 Å². The lowest BCUT2D eigenvalue weighted by molar-refractivity contribution is 0.620. The van der Waals surface area contributed by atoms with Gasteiger partial charge in [-0.1, -0.05) is 127 Å². The van der Waals surface area contributed by atoms with Crippen molar-refractivity contribution in [2.75, 3.05) is 0 Å². The van der Waals surface area contributed by atoms with Gasteiger partial charge in [0.2, 0.25) is 5.89 Å². The molecule has 5 heteroatoms. The van der Waals surface area contributed by atoms with Crippen LogP contribution in [0.1, 0.15) is 0 Å². The fraction of sp³-hybridized carbons (Fsp3) is 0. The quantitative estimate of drug-likeness (QED) is 0.185. The zero-order chi connectivity index (χ0) is 33.7. The van der Waals surface area contributed by atoms with Gasteiger partial charge in [-0.3, -0.25) is 0 Å². The number of fused-ring (bicyclic) bond motifs is 5. The Balaban J connectivity index is 1.10. The van der Waals surface area contributed by atoms with Crippen LogP contribution >= 0.6 is 0 Å². The zero-order valence-electron chi connectivity index (χ0n) is 27.4. The van der Waals surface area contributed by atoms with Gasteiger partial charge < -0.3 is 4.42 Å². The van der Waals surface area contributed by atoms with Gasteiger partial charge in [-0.05, 0) is 80.5 Å². The maximum absolute atomic E-state index is 6.19. The molecule has 10 aromatic rings. The van der Waals surface area contributed by atoms with Crippen molar-refractivity contribution in [1.82, 2.24) is 19.9 Å². The fourth-order valence-electron chi connectivity index (χ4n) is 6.85. The molecule has 5 nitrogen and oxygen atoms in total. The van der Waals surface area contributed by atoms with Crippen molar-refractivity contribution in [3.05, 3.63) is 170 Å². The first-order chi connectivity index (χ1) is 25.2. The second-order valence-corrected chi connectivity index (χ2v) is 12.7. The Morgan fingerprint density at radius 3 is 1.47 bits per heavy atom. The molecule has 0 aliphatic rings. The number of hydrogen-bond donors (Lipinski definition) is 0. The predicted molar refractivity (Wildman–Crippen MR) is 207 cm³/mol. The molecule has 2 heterocycles. The van der Waals surface area contributed by atoms with Gasteiger partial charge in [0.1, 0.15) is 5.52 Å². The van der Waals surface area contributed by atoms with E-state index in [2.05, 4.69) is 133 Å². The van der Waals surface area contributed by atoms with Crippen molar-refractivity contribution in [2.24, 2.45) is 0 Å². The summed E-state index contributed by atoms with van der Waals surface area (Å²) in [5.41, 5.74) is 7.48. The summed E-state index contributed by atoms with van der Waals surface area (Å²) in [5, 5.41) is 6.77. The summed E-state index contributed by atoms with van der Waals surface area (Å²) in [4.78, 5) is 20.1. The van der Waals surface area contributed by atoms with Crippen molar-refractivity contribution in [3.8, 4) is 56.7 Å². The van der Waals surface area contributed by atoms with Crippen LogP contribution in [-0.2, 0) is 0 Å². The van der Waals surface area contributed by atoms with Gasteiger partial charge in [0.15, 0.2) is 23.1 Å². The van der Waals surface area contributed by atoms with Gasteiger partial charge in [0.25, 0.3) is 0 Å². The van der Waals surface area contributed by atoms with Crippen LogP contribution in [-0.4, -0.2) is 19.9 Å². The van der Waals surface area contributed by atoms with Gasteiger partial charge in [-0.15, -0.1) is 0 Å². The van der Waals surface area contributed by atoms with E-state index in [4.69, 9.17) is 24.4 Å². The predicted octanol–water partition coefficient (Wildman–Crippen LogP) is 11.8. The topological polar surface area (TPSA) is 64.7 Å². The lowest BCUT2D eigenvalue weighted by Crippen LogP contribution is -2.00. The number of benzene rings is 8. The summed E-state index contributed by atoms with van der Waals surface area (Å²) in [7, 11) is 0. The van der Waals surface area contributed by atoms with Crippen molar-refractivity contribution in [1.29, 1.82) is 0 Å². The smallest absolute Gasteiger partial charge is 0.227 e. The normalized spacial score (nSPS) is 11.5. The van der Waals surface area contributed by atoms with Crippen LogP contribution in [0.5, 0.6) is 0 Å². The van der Waals surface area contributed by atoms with Crippen LogP contribution in [0.25, 0.3) is 100 Å². The number of hydrogen-bond acceptors (Lipinski definition) is 5. The van der Waals surface area contributed by atoms with Crippen LogP contribution in [0.15, 0.2) is 174 Å². The Labute approximate surface area is 293 Å². The molecule has 51 heavy (non-hydrogen) atoms. The van der Waals surface area contributed by atoms with E-state index in [0.29, 0.717) is 23.4 Å². The first kappa shape index (κ1) is 29.0. The summed E-state index contributed by atoms with van der Waals surface area (Å²) in [6.07, 6.45) is 0. The highest BCUT2D eigenvalue weighted by Gasteiger charge is 2.16. The third kappa shape index (κ3) is 5.29. The highest BCUT2D eigenvalue weighted by Crippen LogP contribution is 2.34. The van der Waals surface area contributed by atoms with Crippen molar-refractivity contribution >= 4 is 43.4 Å². The molecule has 0 atom stereocenters. The number of oxazole rings is 1. The van der Waals surface area contributed by atoms with Crippen LogP contribution < -0.4 is 0 Å². The van der Waals surface area contributed by atoms with Gasteiger partial charge in [-0.25, -0.2) is 19.9 Å². The molecule has 0 radical (unpaired) electrons. The van der Waals surface area contributed by atoms with Crippen LogP contribution in [0.3, 0.4) is 0 Å². The van der Waals surface area contributed by atoms with Crippen molar-refractivity contribution in [2.45, 2.75) is 0 Å². The SMILES string of the molecule is c1ccc(-c2nc3c(ccc4ccc(-c5cccc(-c6nc(-c7ccc8ccccc8c7)nc(-c7ccc8ccccc8c7)n6)c5)cc43)o2)cc1. The Kier molecular flexibility index (Phi) is 6.74. The molecule has 2 aromatic heterocycles. The van der Waals surface area contributed by atoms with Gasteiger partial charge in [-0.2, -0.15) is 0 Å². The van der Waals surface area contributed by atoms with E-state index in [0.717, 1.165) is 66.0 Å². The Hall–Kier alpha value is -6.98. The zero-order valence-corrected chi connectivity index (χ0v) is 27.4. The molecule has 0 N–H and O–H groups in total. The summed E-state index contributed by atoms with van der Waals surface area (Å²) < 4.78 is 6.19. The number of nitrogens with zero attached hydrogens (tertiary/aromatic N) is 4. The highest BCUT2D eigenvalue weighted by atomic mass is 16.3. The summed E-state index contributed by atoms with van der Waals surface area (Å²) in [6, 6.07) is 58.4. The monoisotopic (exact) mass is 652 g/mol. The lowest BCUT2D eigenvalue weighted by Gasteiger charge is -2.11. The average Bonchev–Trinajstić information content (AvgIpc) is 3.66. The first-order valence-electron chi connectivity index (χ1n) is 17.0. The van der Waals surface area contributed by atoms with Crippen LogP contribution in [0.2, 0.25) is 0 Å². The lowest BCUT2D eigenvalue weighted by atomic mass is 9.99. The van der Waals surface area contributed by atoms with E-state index in [9.17, 15) is 0 Å². The molecule has 8 aromatic carbocycles. The minimum Gasteiger partial charge on any atom is -0.436 e. The number of rotatable bonds is 5. The fourth-order valence-corrected chi connectivity index (χ4v) is 6.85. The summed E-state index contributed by atoms with van der Waals surface area (Å²) in [5.74, 6) is 2.50. The maximum atomic E-state index is 6.19. The summed E-state index contributed by atoms with van der Waals surface area (Å²) in [6.45, 7) is 0. The second kappa shape index (κ2) is 11.9. The Morgan fingerprint density at radius 2 is 0.804 bits per heavy atom. The van der Waals surface area contributed by atoms with Gasteiger partial charge in [0.05, 0.1) is 0 Å². The second-order valence-electron chi connectivity index (χ2n) is 12.7. The van der Waals surface area contributed by atoms with Crippen molar-refractivity contribution in [3.63, 3.8) is 0 Å². The van der Waals surface area contributed by atoms with E-state index in [1.54, 1.807) is 0 Å². The molecular formula is C46H28N4O. The van der Waals surface area contributed by atoms with Gasteiger partial charge >= 0.3 is 0 Å². The molecule has 238 valence electrons. The molecule has 0 spiro atoms. The van der Waals surface area contributed by atoms with Gasteiger partial charge in [0, 0.05) is 27.6 Å². The molecule has 0 fully saturated rings. The van der Waals surface area contributed by atoms with E-state index in [1.165, 1.54) is 10.8 Å². The molecule has 0 aliphatic heterocycles. The average molecular weight is 653 g/mol. The minimum atomic E-state index is 0.616. The number of aromatic nitrogens is 4. The molecule has 0 saturated carbocycles. The summed E-state index contributed by atoms with van der Waals surface area (Å²) >= 11 is 0. The van der Waals surface area contributed by atoms with E-state index in [-0.39, 0.29) is 0 Å². The molecular weight excluding hydrogens is 625 g/mol. The van der Waals surface area contributed by atoms with E-state index in [1.807, 2.05) is 36.4 Å². The Bertz CT molecular complexity index is 2830.